The van der Waals surface area contributed by atoms with Crippen molar-refractivity contribution in [1.82, 2.24) is 5.32 Å². The van der Waals surface area contributed by atoms with Crippen LogP contribution in [0, 0.1) is 6.92 Å². The van der Waals surface area contributed by atoms with Crippen molar-refractivity contribution >= 4 is 31.5 Å². The highest BCUT2D eigenvalue weighted by molar-refractivity contribution is 7.92. The standard InChI is InChI=1S/C20H26N2O5S2/c1-6-18(15-9-11-17(12-10-15)28(4,24)25)21-20(23)16-8-7-14(2)19(13-16)22(3)29(5,26)27/h7-13,18H,6H2,1-5H3,(H,21,23)/t18-/m0/s1. The maximum absolute atomic E-state index is 12.8. The molecule has 9 heteroatoms. The van der Waals surface area contributed by atoms with Crippen molar-refractivity contribution in [2.24, 2.45) is 0 Å². The van der Waals surface area contributed by atoms with Crippen LogP contribution in [-0.4, -0.2) is 42.3 Å². The molecule has 0 spiro atoms. The molecule has 0 unspecified atom stereocenters. The van der Waals surface area contributed by atoms with E-state index in [0.717, 1.165) is 27.9 Å². The molecule has 0 radical (unpaired) electrons. The van der Waals surface area contributed by atoms with Gasteiger partial charge in [-0.15, -0.1) is 0 Å². The summed E-state index contributed by atoms with van der Waals surface area (Å²) in [5.41, 5.74) is 2.30. The number of nitrogens with one attached hydrogen (secondary N) is 1. The van der Waals surface area contributed by atoms with E-state index in [1.54, 1.807) is 37.3 Å². The van der Waals surface area contributed by atoms with Crippen LogP contribution in [0.3, 0.4) is 0 Å². The molecular weight excluding hydrogens is 412 g/mol. The number of rotatable bonds is 7. The van der Waals surface area contributed by atoms with Crippen molar-refractivity contribution < 1.29 is 21.6 Å². The maximum atomic E-state index is 12.8. The number of carbonyl (C=O) groups is 1. The van der Waals surface area contributed by atoms with Crippen LogP contribution in [0.1, 0.15) is 40.9 Å². The molecule has 0 bridgehead atoms. The fourth-order valence-electron chi connectivity index (χ4n) is 2.88. The zero-order valence-corrected chi connectivity index (χ0v) is 18.8. The van der Waals surface area contributed by atoms with Gasteiger partial charge in [-0.3, -0.25) is 9.10 Å². The number of anilines is 1. The van der Waals surface area contributed by atoms with Gasteiger partial charge in [-0.1, -0.05) is 25.1 Å². The van der Waals surface area contributed by atoms with E-state index in [2.05, 4.69) is 5.32 Å². The Kier molecular flexibility index (Phi) is 6.74. The number of benzene rings is 2. The number of sulfone groups is 1. The van der Waals surface area contributed by atoms with Crippen LogP contribution in [-0.2, 0) is 19.9 Å². The minimum Gasteiger partial charge on any atom is -0.345 e. The fourth-order valence-corrected chi connectivity index (χ4v) is 4.06. The smallest absolute Gasteiger partial charge is 0.251 e. The Morgan fingerprint density at radius 1 is 1.03 bits per heavy atom. The summed E-state index contributed by atoms with van der Waals surface area (Å²) in [5, 5.41) is 2.93. The zero-order valence-electron chi connectivity index (χ0n) is 17.1. The van der Waals surface area contributed by atoms with Crippen LogP contribution in [0.25, 0.3) is 0 Å². The van der Waals surface area contributed by atoms with E-state index >= 15 is 0 Å². The molecule has 0 saturated carbocycles. The molecule has 29 heavy (non-hydrogen) atoms. The quantitative estimate of drug-likeness (QED) is 0.716. The summed E-state index contributed by atoms with van der Waals surface area (Å²) in [5.74, 6) is -0.341. The van der Waals surface area contributed by atoms with Gasteiger partial charge < -0.3 is 5.32 Å². The molecule has 0 aliphatic heterocycles. The number of amides is 1. The Morgan fingerprint density at radius 3 is 2.10 bits per heavy atom. The lowest BCUT2D eigenvalue weighted by Gasteiger charge is -2.21. The van der Waals surface area contributed by atoms with Gasteiger partial charge >= 0.3 is 0 Å². The summed E-state index contributed by atoms with van der Waals surface area (Å²) >= 11 is 0. The van der Waals surface area contributed by atoms with Crippen LogP contribution in [0.15, 0.2) is 47.4 Å². The van der Waals surface area contributed by atoms with E-state index < -0.39 is 19.9 Å². The Hall–Kier alpha value is -2.39. The number of hydrogen-bond donors (Lipinski definition) is 1. The number of nitrogens with zero attached hydrogens (tertiary/aromatic N) is 1. The SMILES string of the molecule is CC[C@H](NC(=O)c1ccc(C)c(N(C)S(C)(=O)=O)c1)c1ccc(S(C)(=O)=O)cc1. The third kappa shape index (κ3) is 5.57. The molecule has 0 aliphatic carbocycles. The van der Waals surface area contributed by atoms with Gasteiger partial charge in [-0.25, -0.2) is 16.8 Å². The molecule has 0 aromatic heterocycles. The topological polar surface area (TPSA) is 101 Å². The monoisotopic (exact) mass is 438 g/mol. The molecule has 0 fully saturated rings. The number of aryl methyl sites for hydroxylation is 1. The van der Waals surface area contributed by atoms with Gasteiger partial charge in [-0.2, -0.15) is 0 Å². The third-order valence-corrected chi connectivity index (χ3v) is 7.05. The Balaban J connectivity index is 2.28. The zero-order chi connectivity index (χ0) is 22.0. The van der Waals surface area contributed by atoms with Crippen molar-refractivity contribution in [3.05, 3.63) is 59.2 Å². The molecule has 0 heterocycles. The van der Waals surface area contributed by atoms with Crippen LogP contribution in [0.4, 0.5) is 5.69 Å². The van der Waals surface area contributed by atoms with Crippen molar-refractivity contribution in [3.63, 3.8) is 0 Å². The lowest BCUT2D eigenvalue weighted by atomic mass is 10.0. The second-order valence-electron chi connectivity index (χ2n) is 7.01. The van der Waals surface area contributed by atoms with Crippen LogP contribution < -0.4 is 9.62 Å². The highest BCUT2D eigenvalue weighted by Crippen LogP contribution is 2.24. The Morgan fingerprint density at radius 2 is 1.62 bits per heavy atom. The lowest BCUT2D eigenvalue weighted by molar-refractivity contribution is 0.0935. The minimum atomic E-state index is -3.46. The Labute approximate surface area is 172 Å². The minimum absolute atomic E-state index is 0.217. The van der Waals surface area contributed by atoms with Gasteiger partial charge in [0.1, 0.15) is 0 Å². The van der Waals surface area contributed by atoms with E-state index in [0.29, 0.717) is 17.7 Å². The molecule has 1 atom stereocenters. The summed E-state index contributed by atoms with van der Waals surface area (Å²) in [6, 6.07) is 11.0. The molecule has 158 valence electrons. The van der Waals surface area contributed by atoms with Gasteiger partial charge in [0.2, 0.25) is 10.0 Å². The third-order valence-electron chi connectivity index (χ3n) is 4.73. The largest absolute Gasteiger partial charge is 0.345 e. The molecule has 0 aliphatic rings. The first-order chi connectivity index (χ1) is 13.3. The van der Waals surface area contributed by atoms with E-state index in [1.807, 2.05) is 6.92 Å². The second-order valence-corrected chi connectivity index (χ2v) is 11.0. The van der Waals surface area contributed by atoms with Crippen molar-refractivity contribution in [1.29, 1.82) is 0 Å². The van der Waals surface area contributed by atoms with Crippen LogP contribution in [0.2, 0.25) is 0 Å². The fraction of sp³-hybridized carbons (Fsp3) is 0.350. The normalized spacial score (nSPS) is 13.0. The van der Waals surface area contributed by atoms with Gasteiger partial charge in [0.25, 0.3) is 5.91 Å². The van der Waals surface area contributed by atoms with Crippen LogP contribution >= 0.6 is 0 Å². The van der Waals surface area contributed by atoms with Crippen molar-refractivity contribution in [2.75, 3.05) is 23.9 Å². The molecule has 2 rings (SSSR count). The first-order valence-corrected chi connectivity index (χ1v) is 12.7. The van der Waals surface area contributed by atoms with Gasteiger partial charge in [0, 0.05) is 18.9 Å². The predicted molar refractivity (Wildman–Crippen MR) is 114 cm³/mol. The van der Waals surface area contributed by atoms with Gasteiger partial charge in [0.05, 0.1) is 22.9 Å². The first kappa shape index (κ1) is 22.9. The van der Waals surface area contributed by atoms with Gasteiger partial charge in [0.15, 0.2) is 9.84 Å². The summed E-state index contributed by atoms with van der Waals surface area (Å²) < 4.78 is 48.1. The van der Waals surface area contributed by atoms with E-state index in [-0.39, 0.29) is 16.8 Å². The summed E-state index contributed by atoms with van der Waals surface area (Å²) in [6.45, 7) is 3.68. The van der Waals surface area contributed by atoms with E-state index in [9.17, 15) is 21.6 Å². The highest BCUT2D eigenvalue weighted by Gasteiger charge is 2.19. The molecule has 1 N–H and O–H groups in total. The number of carbonyl (C=O) groups excluding carboxylic acids is 1. The number of sulfonamides is 1. The van der Waals surface area contributed by atoms with Crippen molar-refractivity contribution in [2.45, 2.75) is 31.2 Å². The Bertz CT molecular complexity index is 1110. The average molecular weight is 439 g/mol. The number of hydrogen-bond acceptors (Lipinski definition) is 5. The molecule has 2 aromatic rings. The second kappa shape index (κ2) is 8.54. The highest BCUT2D eigenvalue weighted by atomic mass is 32.2. The molecule has 0 saturated heterocycles. The maximum Gasteiger partial charge on any atom is 0.251 e. The molecule has 2 aromatic carbocycles. The summed E-state index contributed by atoms with van der Waals surface area (Å²) in [6.07, 6.45) is 2.85. The van der Waals surface area contributed by atoms with Crippen LogP contribution in [0.5, 0.6) is 0 Å². The van der Waals surface area contributed by atoms with E-state index in [4.69, 9.17) is 0 Å². The molecular formula is C20H26N2O5S2. The predicted octanol–water partition coefficient (Wildman–Crippen LogP) is 2.68. The summed E-state index contributed by atoms with van der Waals surface area (Å²) in [4.78, 5) is 13.0. The summed E-state index contributed by atoms with van der Waals surface area (Å²) in [7, 11) is -5.30. The first-order valence-electron chi connectivity index (χ1n) is 9.00. The van der Waals surface area contributed by atoms with Crippen molar-refractivity contribution in [3.8, 4) is 0 Å². The molecule has 1 amide bonds. The van der Waals surface area contributed by atoms with Gasteiger partial charge in [-0.05, 0) is 48.7 Å². The average Bonchev–Trinajstić information content (AvgIpc) is 2.64. The van der Waals surface area contributed by atoms with E-state index in [1.165, 1.54) is 19.2 Å². The lowest BCUT2D eigenvalue weighted by Crippen LogP contribution is -2.29. The molecule has 7 nitrogen and oxygen atoms in total.